The second-order valence-electron chi connectivity index (χ2n) is 7.35. The molecule has 0 spiro atoms. The molecule has 10 heteroatoms. The highest BCUT2D eigenvalue weighted by molar-refractivity contribution is 7.99. The molecule has 4 aromatic rings. The zero-order valence-electron chi connectivity index (χ0n) is 18.7. The number of nitrogens with one attached hydrogen (secondary N) is 3. The molecular weight excluding hydrogens is 440 g/mol. The smallest absolute Gasteiger partial charge is 0.234 e. The molecule has 0 aliphatic heterocycles. The number of methoxy groups -OCH3 is 2. The average Bonchev–Trinajstić information content (AvgIpc) is 3.19. The zero-order valence-corrected chi connectivity index (χ0v) is 19.5. The number of hydrogen-bond donors (Lipinski definition) is 3. The van der Waals surface area contributed by atoms with Crippen LogP contribution in [-0.4, -0.2) is 45.6 Å². The number of carbonyl (C=O) groups excluding carboxylic acids is 1. The van der Waals surface area contributed by atoms with Crippen LogP contribution in [0.1, 0.15) is 11.3 Å². The largest absolute Gasteiger partial charge is 0.497 e. The van der Waals surface area contributed by atoms with Crippen molar-refractivity contribution in [2.45, 2.75) is 19.0 Å². The van der Waals surface area contributed by atoms with E-state index in [1.807, 2.05) is 38.1 Å². The van der Waals surface area contributed by atoms with Crippen molar-refractivity contribution in [3.63, 3.8) is 0 Å². The molecule has 33 heavy (non-hydrogen) atoms. The molecule has 0 unspecified atom stereocenters. The van der Waals surface area contributed by atoms with Crippen LogP contribution in [-0.2, 0) is 4.79 Å². The molecule has 0 aliphatic carbocycles. The van der Waals surface area contributed by atoms with Crippen LogP contribution in [0.2, 0.25) is 0 Å². The monoisotopic (exact) mass is 464 g/mol. The maximum atomic E-state index is 12.7. The SMILES string of the molecule is COc1ccc(NC(=O)CSc2nc3[nH]nc(C)c3c(=N)n2-c2ccc(C)cc2)c(OC)c1. The van der Waals surface area contributed by atoms with Crippen LogP contribution >= 0.6 is 11.8 Å². The first kappa shape index (κ1) is 22.4. The lowest BCUT2D eigenvalue weighted by molar-refractivity contribution is -0.113. The highest BCUT2D eigenvalue weighted by atomic mass is 32.2. The molecule has 0 atom stereocenters. The lowest BCUT2D eigenvalue weighted by atomic mass is 10.2. The van der Waals surface area contributed by atoms with Crippen molar-refractivity contribution in [1.29, 1.82) is 5.41 Å². The van der Waals surface area contributed by atoms with E-state index in [9.17, 15) is 4.79 Å². The third kappa shape index (κ3) is 4.56. The maximum Gasteiger partial charge on any atom is 0.234 e. The fourth-order valence-electron chi connectivity index (χ4n) is 3.39. The van der Waals surface area contributed by atoms with E-state index >= 15 is 0 Å². The second-order valence-corrected chi connectivity index (χ2v) is 8.29. The van der Waals surface area contributed by atoms with Gasteiger partial charge in [0.2, 0.25) is 5.91 Å². The van der Waals surface area contributed by atoms with Gasteiger partial charge in [-0.25, -0.2) is 4.98 Å². The van der Waals surface area contributed by atoms with Crippen molar-refractivity contribution in [3.8, 4) is 17.2 Å². The van der Waals surface area contributed by atoms with Crippen LogP contribution < -0.4 is 20.3 Å². The average molecular weight is 465 g/mol. The summed E-state index contributed by atoms with van der Waals surface area (Å²) in [5, 5.41) is 19.9. The lowest BCUT2D eigenvalue weighted by Crippen LogP contribution is -2.23. The summed E-state index contributed by atoms with van der Waals surface area (Å²) in [5.74, 6) is 0.997. The normalized spacial score (nSPS) is 10.9. The van der Waals surface area contributed by atoms with Crippen molar-refractivity contribution < 1.29 is 14.3 Å². The molecule has 9 nitrogen and oxygen atoms in total. The van der Waals surface area contributed by atoms with Gasteiger partial charge in [-0.1, -0.05) is 29.5 Å². The summed E-state index contributed by atoms with van der Waals surface area (Å²) >= 11 is 1.24. The third-order valence-electron chi connectivity index (χ3n) is 5.09. The predicted molar refractivity (Wildman–Crippen MR) is 127 cm³/mol. The number of nitrogens with zero attached hydrogens (tertiary/aromatic N) is 3. The summed E-state index contributed by atoms with van der Waals surface area (Å²) in [5.41, 5.74) is 3.92. The number of aryl methyl sites for hydroxylation is 2. The Bertz CT molecular complexity index is 1380. The Morgan fingerprint density at radius 2 is 1.91 bits per heavy atom. The lowest BCUT2D eigenvalue weighted by Gasteiger charge is -2.14. The Kier molecular flexibility index (Phi) is 6.36. The van der Waals surface area contributed by atoms with E-state index in [1.165, 1.54) is 18.9 Å². The van der Waals surface area contributed by atoms with Gasteiger partial charge in [-0.15, -0.1) is 0 Å². The van der Waals surface area contributed by atoms with Gasteiger partial charge in [0.25, 0.3) is 0 Å². The highest BCUT2D eigenvalue weighted by Crippen LogP contribution is 2.29. The number of aromatic nitrogens is 4. The van der Waals surface area contributed by atoms with E-state index in [2.05, 4.69) is 20.5 Å². The van der Waals surface area contributed by atoms with Gasteiger partial charge in [0, 0.05) is 11.8 Å². The maximum absolute atomic E-state index is 12.7. The van der Waals surface area contributed by atoms with Crippen LogP contribution in [0.3, 0.4) is 0 Å². The molecule has 4 rings (SSSR count). The minimum atomic E-state index is -0.229. The molecular formula is C23H24N6O3S. The van der Waals surface area contributed by atoms with E-state index < -0.39 is 0 Å². The van der Waals surface area contributed by atoms with Gasteiger partial charge in [-0.2, -0.15) is 5.10 Å². The van der Waals surface area contributed by atoms with E-state index in [1.54, 1.807) is 29.9 Å². The molecule has 2 aromatic carbocycles. The minimum absolute atomic E-state index is 0.0894. The van der Waals surface area contributed by atoms with Crippen LogP contribution in [0.4, 0.5) is 5.69 Å². The van der Waals surface area contributed by atoms with E-state index in [0.717, 1.165) is 11.3 Å². The summed E-state index contributed by atoms with van der Waals surface area (Å²) < 4.78 is 12.3. The van der Waals surface area contributed by atoms with Crippen LogP contribution in [0, 0.1) is 19.3 Å². The Hall–Kier alpha value is -3.79. The summed E-state index contributed by atoms with van der Waals surface area (Å²) in [6.07, 6.45) is 0. The first-order valence-corrected chi connectivity index (χ1v) is 11.1. The summed E-state index contributed by atoms with van der Waals surface area (Å²) in [7, 11) is 3.10. The van der Waals surface area contributed by atoms with Gasteiger partial charge in [0.1, 0.15) is 17.0 Å². The van der Waals surface area contributed by atoms with Gasteiger partial charge < -0.3 is 14.8 Å². The van der Waals surface area contributed by atoms with Crippen molar-refractivity contribution in [2.75, 3.05) is 25.3 Å². The molecule has 0 bridgehead atoms. The summed E-state index contributed by atoms with van der Waals surface area (Å²) in [6, 6.07) is 13.0. The summed E-state index contributed by atoms with van der Waals surface area (Å²) in [4.78, 5) is 17.4. The zero-order chi connectivity index (χ0) is 23.5. The highest BCUT2D eigenvalue weighted by Gasteiger charge is 2.17. The molecule has 0 aliphatic rings. The number of aromatic amines is 1. The number of thioether (sulfide) groups is 1. The molecule has 0 saturated heterocycles. The van der Waals surface area contributed by atoms with Gasteiger partial charge in [0.15, 0.2) is 10.8 Å². The Labute approximate surface area is 194 Å². The number of H-pyrrole nitrogens is 1. The topological polar surface area (TPSA) is 118 Å². The number of hydrogen-bond acceptors (Lipinski definition) is 7. The van der Waals surface area contributed by atoms with E-state index in [0.29, 0.717) is 39.1 Å². The van der Waals surface area contributed by atoms with Gasteiger partial charge in [-0.05, 0) is 38.1 Å². The van der Waals surface area contributed by atoms with Crippen LogP contribution in [0.5, 0.6) is 11.5 Å². The molecule has 3 N–H and O–H groups in total. The van der Waals surface area contributed by atoms with Gasteiger partial charge >= 0.3 is 0 Å². The van der Waals surface area contributed by atoms with Crippen LogP contribution in [0.25, 0.3) is 16.7 Å². The molecule has 2 heterocycles. The number of fused-ring (bicyclic) bond motifs is 1. The van der Waals surface area contributed by atoms with E-state index in [4.69, 9.17) is 14.9 Å². The van der Waals surface area contributed by atoms with E-state index in [-0.39, 0.29) is 17.1 Å². The Morgan fingerprint density at radius 1 is 1.15 bits per heavy atom. The quantitative estimate of drug-likeness (QED) is 0.284. The number of benzene rings is 2. The van der Waals surface area contributed by atoms with Crippen molar-refractivity contribution in [2.24, 2.45) is 0 Å². The molecule has 0 saturated carbocycles. The molecule has 0 radical (unpaired) electrons. The number of rotatable bonds is 7. The number of ether oxygens (including phenoxy) is 2. The van der Waals surface area contributed by atoms with Gasteiger partial charge in [0.05, 0.1) is 36.7 Å². The predicted octanol–water partition coefficient (Wildman–Crippen LogP) is 3.59. The Balaban J connectivity index is 1.63. The first-order valence-electron chi connectivity index (χ1n) is 10.1. The third-order valence-corrected chi connectivity index (χ3v) is 6.03. The molecule has 1 amide bonds. The molecule has 2 aromatic heterocycles. The fraction of sp³-hybridized carbons (Fsp3) is 0.217. The van der Waals surface area contributed by atoms with Crippen molar-refractivity contribution >= 4 is 34.4 Å². The standard InChI is InChI=1S/C23H24N6O3S/c1-13-5-7-15(8-6-13)29-21(24)20-14(2)27-28-22(20)26-23(29)33-12-19(30)25-17-10-9-16(31-3)11-18(17)32-4/h5-11,24H,12H2,1-4H3,(H,25,30)(H,27,28). The minimum Gasteiger partial charge on any atom is -0.497 e. The molecule has 170 valence electrons. The fourth-order valence-corrected chi connectivity index (χ4v) is 4.20. The van der Waals surface area contributed by atoms with Crippen LogP contribution in [0.15, 0.2) is 47.6 Å². The Morgan fingerprint density at radius 3 is 2.61 bits per heavy atom. The number of anilines is 1. The first-order chi connectivity index (χ1) is 15.9. The van der Waals surface area contributed by atoms with Gasteiger partial charge in [-0.3, -0.25) is 19.9 Å². The number of amides is 1. The summed E-state index contributed by atoms with van der Waals surface area (Å²) in [6.45, 7) is 3.84. The van der Waals surface area contributed by atoms with Crippen molar-refractivity contribution in [1.82, 2.24) is 19.7 Å². The molecule has 0 fully saturated rings. The van der Waals surface area contributed by atoms with Crippen molar-refractivity contribution in [3.05, 3.63) is 59.2 Å². The number of carbonyl (C=O) groups is 1. The second kappa shape index (κ2) is 9.37.